The average Bonchev–Trinajstić information content (AvgIpc) is 2.91. The van der Waals surface area contributed by atoms with Gasteiger partial charge in [0.15, 0.2) is 0 Å². The third-order valence-electron chi connectivity index (χ3n) is 3.81. The van der Waals surface area contributed by atoms with Crippen molar-refractivity contribution in [1.82, 2.24) is 10.2 Å². The Kier molecular flexibility index (Phi) is 7.50. The molecule has 1 aliphatic rings. The second kappa shape index (κ2) is 9.41. The van der Waals surface area contributed by atoms with Crippen molar-refractivity contribution in [3.63, 3.8) is 0 Å². The number of methoxy groups -OCH3 is 1. The van der Waals surface area contributed by atoms with Gasteiger partial charge in [-0.2, -0.15) is 0 Å². The smallest absolute Gasteiger partial charge is 0.120 e. The molecule has 0 bridgehead atoms. The summed E-state index contributed by atoms with van der Waals surface area (Å²) in [5.74, 6) is 0.929. The molecular formula is C16H25BrN2O2. The molecule has 0 aliphatic carbocycles. The van der Waals surface area contributed by atoms with Crippen LogP contribution in [0.25, 0.3) is 0 Å². The Balaban J connectivity index is 1.66. The lowest BCUT2D eigenvalue weighted by atomic mass is 10.2. The molecule has 1 atom stereocenters. The maximum atomic E-state index is 5.83. The molecule has 1 unspecified atom stereocenters. The molecule has 2 rings (SSSR count). The zero-order chi connectivity index (χ0) is 14.9. The van der Waals surface area contributed by atoms with Gasteiger partial charge >= 0.3 is 0 Å². The van der Waals surface area contributed by atoms with Gasteiger partial charge in [0.2, 0.25) is 0 Å². The summed E-state index contributed by atoms with van der Waals surface area (Å²) in [6.07, 6.45) is 2.56. The lowest BCUT2D eigenvalue weighted by molar-refractivity contribution is 0.180. The van der Waals surface area contributed by atoms with Crippen molar-refractivity contribution in [2.75, 3.05) is 46.5 Å². The fourth-order valence-corrected chi connectivity index (χ4v) is 3.08. The van der Waals surface area contributed by atoms with Gasteiger partial charge in [-0.3, -0.25) is 4.90 Å². The van der Waals surface area contributed by atoms with E-state index in [-0.39, 0.29) is 0 Å². The van der Waals surface area contributed by atoms with Gasteiger partial charge in [0.25, 0.3) is 0 Å². The fraction of sp³-hybridized carbons (Fsp3) is 0.625. The van der Waals surface area contributed by atoms with E-state index in [4.69, 9.17) is 9.47 Å². The molecule has 1 saturated heterocycles. The Hall–Kier alpha value is -0.620. The SMILES string of the molecule is COCCNCC1CCCN1CCOc1cccc(Br)c1. The van der Waals surface area contributed by atoms with Crippen LogP contribution in [0.3, 0.4) is 0 Å². The molecule has 1 aliphatic heterocycles. The molecule has 21 heavy (non-hydrogen) atoms. The van der Waals surface area contributed by atoms with Gasteiger partial charge in [0.1, 0.15) is 12.4 Å². The van der Waals surface area contributed by atoms with Crippen LogP contribution in [0, 0.1) is 0 Å². The highest BCUT2D eigenvalue weighted by atomic mass is 79.9. The molecule has 0 spiro atoms. The molecule has 118 valence electrons. The number of likely N-dealkylation sites (tertiary alicyclic amines) is 1. The molecule has 1 fully saturated rings. The number of benzene rings is 1. The van der Waals surface area contributed by atoms with Gasteiger partial charge in [-0.1, -0.05) is 22.0 Å². The first-order valence-corrected chi connectivity index (χ1v) is 8.41. The summed E-state index contributed by atoms with van der Waals surface area (Å²) in [4.78, 5) is 2.53. The van der Waals surface area contributed by atoms with Gasteiger partial charge < -0.3 is 14.8 Å². The summed E-state index contributed by atoms with van der Waals surface area (Å²) in [6.45, 7) is 5.65. The van der Waals surface area contributed by atoms with E-state index in [2.05, 4.69) is 26.1 Å². The van der Waals surface area contributed by atoms with E-state index < -0.39 is 0 Å². The molecule has 1 aromatic rings. The van der Waals surface area contributed by atoms with Gasteiger partial charge in [-0.15, -0.1) is 0 Å². The van der Waals surface area contributed by atoms with Crippen LogP contribution in [-0.2, 0) is 4.74 Å². The number of hydrogen-bond acceptors (Lipinski definition) is 4. The maximum absolute atomic E-state index is 5.83. The van der Waals surface area contributed by atoms with Crippen LogP contribution >= 0.6 is 15.9 Å². The first-order valence-electron chi connectivity index (χ1n) is 7.61. The van der Waals surface area contributed by atoms with Gasteiger partial charge in [0.05, 0.1) is 6.61 Å². The molecule has 1 heterocycles. The van der Waals surface area contributed by atoms with Gasteiger partial charge in [-0.25, -0.2) is 0 Å². The summed E-state index contributed by atoms with van der Waals surface area (Å²) >= 11 is 3.46. The predicted octanol–water partition coefficient (Wildman–Crippen LogP) is 2.53. The summed E-state index contributed by atoms with van der Waals surface area (Å²) in [5, 5.41) is 3.46. The average molecular weight is 357 g/mol. The number of nitrogens with one attached hydrogen (secondary N) is 1. The molecule has 1 N–H and O–H groups in total. The molecule has 0 saturated carbocycles. The van der Waals surface area contributed by atoms with Crippen molar-refractivity contribution in [2.24, 2.45) is 0 Å². The van der Waals surface area contributed by atoms with Crippen LogP contribution in [-0.4, -0.2) is 57.4 Å². The lowest BCUT2D eigenvalue weighted by Crippen LogP contribution is -2.40. The standard InChI is InChI=1S/C16H25BrN2O2/c1-20-10-7-18-13-15-5-3-8-19(15)9-11-21-16-6-2-4-14(17)12-16/h2,4,6,12,15,18H,3,5,7-11,13H2,1H3. The van der Waals surface area contributed by atoms with Crippen LogP contribution in [0.2, 0.25) is 0 Å². The minimum Gasteiger partial charge on any atom is -0.492 e. The van der Waals surface area contributed by atoms with Crippen LogP contribution in [0.5, 0.6) is 5.75 Å². The second-order valence-electron chi connectivity index (χ2n) is 5.33. The predicted molar refractivity (Wildman–Crippen MR) is 89.0 cm³/mol. The Morgan fingerprint density at radius 3 is 3.10 bits per heavy atom. The zero-order valence-corrected chi connectivity index (χ0v) is 14.3. The normalized spacial score (nSPS) is 19.0. The molecule has 1 aromatic carbocycles. The zero-order valence-electron chi connectivity index (χ0n) is 12.7. The van der Waals surface area contributed by atoms with Crippen molar-refractivity contribution in [3.8, 4) is 5.75 Å². The highest BCUT2D eigenvalue weighted by molar-refractivity contribution is 9.10. The van der Waals surface area contributed by atoms with Crippen molar-refractivity contribution < 1.29 is 9.47 Å². The van der Waals surface area contributed by atoms with Crippen molar-refractivity contribution in [1.29, 1.82) is 0 Å². The first-order chi connectivity index (χ1) is 10.3. The summed E-state index contributed by atoms with van der Waals surface area (Å²) < 4.78 is 11.9. The molecule has 0 radical (unpaired) electrons. The van der Waals surface area contributed by atoms with E-state index in [0.717, 1.165) is 43.1 Å². The quantitative estimate of drug-likeness (QED) is 0.689. The van der Waals surface area contributed by atoms with E-state index in [1.807, 2.05) is 24.3 Å². The van der Waals surface area contributed by atoms with Gasteiger partial charge in [-0.05, 0) is 37.6 Å². The van der Waals surface area contributed by atoms with Crippen LogP contribution in [0.4, 0.5) is 0 Å². The molecule has 5 heteroatoms. The largest absolute Gasteiger partial charge is 0.492 e. The third kappa shape index (κ3) is 5.94. The molecule has 4 nitrogen and oxygen atoms in total. The molecule has 0 amide bonds. The number of ether oxygens (including phenoxy) is 2. The Morgan fingerprint density at radius 2 is 2.29 bits per heavy atom. The highest BCUT2D eigenvalue weighted by Gasteiger charge is 2.23. The van der Waals surface area contributed by atoms with Crippen molar-refractivity contribution >= 4 is 15.9 Å². The van der Waals surface area contributed by atoms with Crippen molar-refractivity contribution in [2.45, 2.75) is 18.9 Å². The molecular weight excluding hydrogens is 332 g/mol. The van der Waals surface area contributed by atoms with E-state index in [1.165, 1.54) is 19.4 Å². The second-order valence-corrected chi connectivity index (χ2v) is 6.25. The van der Waals surface area contributed by atoms with E-state index in [0.29, 0.717) is 6.04 Å². The number of halogens is 1. The first kappa shape index (κ1) is 16.7. The maximum Gasteiger partial charge on any atom is 0.120 e. The summed E-state index contributed by atoms with van der Waals surface area (Å²) in [6, 6.07) is 8.65. The van der Waals surface area contributed by atoms with Crippen molar-refractivity contribution in [3.05, 3.63) is 28.7 Å². The number of rotatable bonds is 9. The minimum atomic E-state index is 0.632. The highest BCUT2D eigenvalue weighted by Crippen LogP contribution is 2.19. The number of nitrogens with zero attached hydrogens (tertiary/aromatic N) is 1. The number of hydrogen-bond donors (Lipinski definition) is 1. The van der Waals surface area contributed by atoms with Crippen LogP contribution < -0.4 is 10.1 Å². The summed E-state index contributed by atoms with van der Waals surface area (Å²) in [7, 11) is 1.74. The summed E-state index contributed by atoms with van der Waals surface area (Å²) in [5.41, 5.74) is 0. The van der Waals surface area contributed by atoms with E-state index >= 15 is 0 Å². The fourth-order valence-electron chi connectivity index (χ4n) is 2.70. The lowest BCUT2D eigenvalue weighted by Gasteiger charge is -2.24. The Labute approximate surface area is 135 Å². The minimum absolute atomic E-state index is 0.632. The van der Waals surface area contributed by atoms with Crippen LogP contribution in [0.15, 0.2) is 28.7 Å². The Morgan fingerprint density at radius 1 is 1.38 bits per heavy atom. The molecule has 0 aromatic heterocycles. The van der Waals surface area contributed by atoms with Gasteiger partial charge in [0, 0.05) is 37.3 Å². The third-order valence-corrected chi connectivity index (χ3v) is 4.30. The van der Waals surface area contributed by atoms with E-state index in [9.17, 15) is 0 Å². The van der Waals surface area contributed by atoms with Crippen LogP contribution in [0.1, 0.15) is 12.8 Å². The van der Waals surface area contributed by atoms with E-state index in [1.54, 1.807) is 7.11 Å². The monoisotopic (exact) mass is 356 g/mol. The topological polar surface area (TPSA) is 33.7 Å². The Bertz CT molecular complexity index is 417.